The fraction of sp³-hybridized carbons (Fsp3) is 0.364. The van der Waals surface area contributed by atoms with Crippen molar-refractivity contribution in [2.75, 3.05) is 0 Å². The van der Waals surface area contributed by atoms with Gasteiger partial charge in [-0.3, -0.25) is 0 Å². The molecule has 2 N–H and O–H groups in total. The molecule has 1 saturated heterocycles. The molecular weight excluding hydrogens is 211 g/mol. The van der Waals surface area contributed by atoms with Crippen molar-refractivity contribution in [1.82, 2.24) is 10.6 Å². The van der Waals surface area contributed by atoms with Crippen LogP contribution in [0.3, 0.4) is 0 Å². The van der Waals surface area contributed by atoms with Gasteiger partial charge in [-0.1, -0.05) is 12.1 Å². The zero-order chi connectivity index (χ0) is 11.3. The van der Waals surface area contributed by atoms with E-state index in [0.717, 1.165) is 0 Å². The van der Waals surface area contributed by atoms with Crippen molar-refractivity contribution >= 4 is 6.03 Å². The molecule has 1 aromatic carbocycles. The molecule has 4 nitrogen and oxygen atoms in total. The first kappa shape index (κ1) is 9.45. The highest BCUT2D eigenvalue weighted by Gasteiger charge is 2.44. The van der Waals surface area contributed by atoms with Crippen LogP contribution >= 0.6 is 0 Å². The summed E-state index contributed by atoms with van der Waals surface area (Å²) in [5.74, 6) is -0.167. The summed E-state index contributed by atoms with van der Waals surface area (Å²) in [5.41, 5.74) is -0.116. The molecule has 2 aliphatic heterocycles. The summed E-state index contributed by atoms with van der Waals surface area (Å²) in [6.07, 6.45) is 0.592. The average Bonchev–Trinajstić information content (AvgIpc) is 2.18. The number of carbonyl (C=O) groups excluding carboxylic acids is 1. The molecule has 2 bridgehead atoms. The van der Waals surface area contributed by atoms with E-state index in [4.69, 9.17) is 4.74 Å². The van der Waals surface area contributed by atoms with E-state index >= 15 is 0 Å². The van der Waals surface area contributed by atoms with Gasteiger partial charge < -0.3 is 15.4 Å². The van der Waals surface area contributed by atoms with Crippen molar-refractivity contribution in [2.24, 2.45) is 0 Å². The summed E-state index contributed by atoms with van der Waals surface area (Å²) < 4.78 is 19.1. The normalized spacial score (nSPS) is 30.9. The predicted octanol–water partition coefficient (Wildman–Crippen LogP) is 1.68. The highest BCUT2D eigenvalue weighted by atomic mass is 19.1. The smallest absolute Gasteiger partial charge is 0.318 e. The SMILES string of the molecule is C[C@]12C[C@@H](NC(=O)N1)c1cccc(F)c1O2. The number of halogens is 1. The number of nitrogens with one attached hydrogen (secondary N) is 2. The summed E-state index contributed by atoms with van der Waals surface area (Å²) in [5, 5.41) is 5.41. The maximum Gasteiger partial charge on any atom is 0.318 e. The molecule has 0 aromatic heterocycles. The number of rotatable bonds is 0. The molecule has 2 atom stereocenters. The van der Waals surface area contributed by atoms with Gasteiger partial charge in [-0.05, 0) is 13.0 Å². The lowest BCUT2D eigenvalue weighted by molar-refractivity contribution is 0.00807. The van der Waals surface area contributed by atoms with Gasteiger partial charge in [0.05, 0.1) is 6.04 Å². The Hall–Kier alpha value is -1.78. The molecule has 0 spiro atoms. The summed E-state index contributed by atoms with van der Waals surface area (Å²) in [6.45, 7) is 1.74. The Kier molecular flexibility index (Phi) is 1.70. The van der Waals surface area contributed by atoms with Crippen LogP contribution in [-0.4, -0.2) is 11.8 Å². The first-order valence-electron chi connectivity index (χ1n) is 5.13. The molecule has 16 heavy (non-hydrogen) atoms. The molecular formula is C11H11FN2O2. The topological polar surface area (TPSA) is 50.4 Å². The molecule has 2 aliphatic rings. The lowest BCUT2D eigenvalue weighted by Gasteiger charge is -2.44. The largest absolute Gasteiger partial charge is 0.465 e. The van der Waals surface area contributed by atoms with Gasteiger partial charge in [-0.15, -0.1) is 0 Å². The van der Waals surface area contributed by atoms with E-state index in [0.29, 0.717) is 12.0 Å². The summed E-state index contributed by atoms with van der Waals surface area (Å²) >= 11 is 0. The van der Waals surface area contributed by atoms with Gasteiger partial charge in [-0.2, -0.15) is 0 Å². The van der Waals surface area contributed by atoms with E-state index in [-0.39, 0.29) is 17.8 Å². The highest BCUT2D eigenvalue weighted by Crippen LogP contribution is 2.41. The molecule has 2 amide bonds. The van der Waals surface area contributed by atoms with Crippen LogP contribution in [0.15, 0.2) is 18.2 Å². The van der Waals surface area contributed by atoms with E-state index in [1.807, 2.05) is 0 Å². The molecule has 0 radical (unpaired) electrons. The van der Waals surface area contributed by atoms with E-state index in [1.165, 1.54) is 6.07 Å². The zero-order valence-electron chi connectivity index (χ0n) is 8.71. The third-order valence-electron chi connectivity index (χ3n) is 2.98. The summed E-state index contributed by atoms with van der Waals surface area (Å²) in [7, 11) is 0. The Labute approximate surface area is 91.8 Å². The number of fused-ring (bicyclic) bond motifs is 4. The van der Waals surface area contributed by atoms with Crippen LogP contribution in [0.1, 0.15) is 24.9 Å². The monoisotopic (exact) mass is 222 g/mol. The lowest BCUT2D eigenvalue weighted by atomic mass is 9.92. The Morgan fingerprint density at radius 1 is 1.56 bits per heavy atom. The molecule has 1 aromatic rings. The third-order valence-corrected chi connectivity index (χ3v) is 2.98. The maximum atomic E-state index is 13.6. The summed E-state index contributed by atoms with van der Waals surface area (Å²) in [6, 6.07) is 4.28. The lowest BCUT2D eigenvalue weighted by Crippen LogP contribution is -2.62. The number of carbonyl (C=O) groups is 1. The van der Waals surface area contributed by atoms with Crippen LogP contribution in [0.4, 0.5) is 9.18 Å². The van der Waals surface area contributed by atoms with Crippen LogP contribution in [0.25, 0.3) is 0 Å². The number of amides is 2. The fourth-order valence-corrected chi connectivity index (χ4v) is 2.31. The standard InChI is InChI=1S/C11H11FN2O2/c1-11-5-8(13-10(15)14-11)6-3-2-4-7(12)9(6)16-11/h2-4,8H,5H2,1H3,(H2,13,14,15)/t8-,11+/m1/s1. The second-order valence-electron chi connectivity index (χ2n) is 4.35. The van der Waals surface area contributed by atoms with Crippen LogP contribution in [-0.2, 0) is 0 Å². The number of hydrogen-bond donors (Lipinski definition) is 2. The van der Waals surface area contributed by atoms with Crippen molar-refractivity contribution in [2.45, 2.75) is 25.1 Å². The average molecular weight is 222 g/mol. The maximum absolute atomic E-state index is 13.6. The minimum atomic E-state index is -0.817. The molecule has 1 fully saturated rings. The molecule has 3 rings (SSSR count). The Balaban J connectivity index is 2.14. The number of ether oxygens (including phenoxy) is 1. The van der Waals surface area contributed by atoms with Gasteiger partial charge in [-0.25, -0.2) is 9.18 Å². The van der Waals surface area contributed by atoms with Crippen molar-refractivity contribution in [3.63, 3.8) is 0 Å². The van der Waals surface area contributed by atoms with Crippen molar-refractivity contribution in [1.29, 1.82) is 0 Å². The van der Waals surface area contributed by atoms with Gasteiger partial charge in [0.1, 0.15) is 0 Å². The van der Waals surface area contributed by atoms with E-state index in [9.17, 15) is 9.18 Å². The van der Waals surface area contributed by atoms with Gasteiger partial charge >= 0.3 is 6.03 Å². The molecule has 0 saturated carbocycles. The van der Waals surface area contributed by atoms with Crippen LogP contribution in [0, 0.1) is 5.82 Å². The van der Waals surface area contributed by atoms with Crippen molar-refractivity contribution < 1.29 is 13.9 Å². The van der Waals surface area contributed by atoms with Crippen LogP contribution in [0.2, 0.25) is 0 Å². The Bertz CT molecular complexity index is 477. The number of hydrogen-bond acceptors (Lipinski definition) is 2. The quantitative estimate of drug-likeness (QED) is 0.701. The minimum Gasteiger partial charge on any atom is -0.465 e. The van der Waals surface area contributed by atoms with Gasteiger partial charge in [0.25, 0.3) is 0 Å². The van der Waals surface area contributed by atoms with Crippen LogP contribution < -0.4 is 15.4 Å². The zero-order valence-corrected chi connectivity index (χ0v) is 8.71. The fourth-order valence-electron chi connectivity index (χ4n) is 2.31. The molecule has 5 heteroatoms. The molecule has 0 aliphatic carbocycles. The molecule has 0 unspecified atom stereocenters. The van der Waals surface area contributed by atoms with Gasteiger partial charge in [0, 0.05) is 12.0 Å². The first-order valence-corrected chi connectivity index (χ1v) is 5.13. The highest BCUT2D eigenvalue weighted by molar-refractivity contribution is 5.77. The van der Waals surface area contributed by atoms with Crippen molar-refractivity contribution in [3.05, 3.63) is 29.6 Å². The van der Waals surface area contributed by atoms with Crippen molar-refractivity contribution in [3.8, 4) is 5.75 Å². The minimum absolute atomic E-state index is 0.182. The second kappa shape index (κ2) is 2.87. The van der Waals surface area contributed by atoms with Gasteiger partial charge in [0.2, 0.25) is 0 Å². The number of para-hydroxylation sites is 1. The number of benzene rings is 1. The predicted molar refractivity (Wildman–Crippen MR) is 54.5 cm³/mol. The van der Waals surface area contributed by atoms with Gasteiger partial charge in [0.15, 0.2) is 17.3 Å². The first-order chi connectivity index (χ1) is 7.57. The van der Waals surface area contributed by atoms with Crippen LogP contribution in [0.5, 0.6) is 5.75 Å². The number of urea groups is 1. The second-order valence-corrected chi connectivity index (χ2v) is 4.35. The Morgan fingerprint density at radius 3 is 3.19 bits per heavy atom. The van der Waals surface area contributed by atoms with E-state index in [1.54, 1.807) is 19.1 Å². The van der Waals surface area contributed by atoms with E-state index < -0.39 is 11.5 Å². The molecule has 84 valence electrons. The summed E-state index contributed by atoms with van der Waals surface area (Å²) in [4.78, 5) is 11.4. The Morgan fingerprint density at radius 2 is 2.38 bits per heavy atom. The molecule has 2 heterocycles. The third kappa shape index (κ3) is 1.24. The van der Waals surface area contributed by atoms with E-state index in [2.05, 4.69) is 10.6 Å².